The van der Waals surface area contributed by atoms with Gasteiger partial charge in [-0.1, -0.05) is 23.8 Å². The minimum atomic E-state index is -0.434. The molecule has 0 aromatic carbocycles. The molecular weight excluding hydrogens is 212 g/mol. The Labute approximate surface area is 104 Å². The van der Waals surface area contributed by atoms with Crippen molar-refractivity contribution in [3.8, 4) is 0 Å². The molecule has 0 aromatic heterocycles. The zero-order valence-corrected chi connectivity index (χ0v) is 11.1. The summed E-state index contributed by atoms with van der Waals surface area (Å²) < 4.78 is 5.50. The number of ether oxygens (including phenoxy) is 1. The van der Waals surface area contributed by atoms with Crippen LogP contribution in [0.2, 0.25) is 0 Å². The fraction of sp³-hybridized carbons (Fsp3) is 0.667. The first-order valence-electron chi connectivity index (χ1n) is 6.45. The fourth-order valence-corrected chi connectivity index (χ4v) is 2.61. The van der Waals surface area contributed by atoms with E-state index in [2.05, 4.69) is 26.5 Å². The molecule has 1 aliphatic heterocycles. The number of rotatable bonds is 4. The summed E-state index contributed by atoms with van der Waals surface area (Å²) in [6, 6.07) is 0. The monoisotopic (exact) mass is 234 g/mol. The van der Waals surface area contributed by atoms with Crippen LogP contribution in [0.5, 0.6) is 0 Å². The Kier molecular flexibility index (Phi) is 3.26. The van der Waals surface area contributed by atoms with Gasteiger partial charge < -0.3 is 4.74 Å². The third-order valence-electron chi connectivity index (χ3n) is 4.02. The molecule has 2 rings (SSSR count). The lowest BCUT2D eigenvalue weighted by Crippen LogP contribution is -2.32. The molecular formula is C15H22O2. The first-order valence-corrected chi connectivity index (χ1v) is 6.45. The summed E-state index contributed by atoms with van der Waals surface area (Å²) >= 11 is 0. The minimum Gasteiger partial charge on any atom is -0.358 e. The molecule has 0 spiro atoms. The van der Waals surface area contributed by atoms with E-state index < -0.39 is 5.60 Å². The zero-order valence-electron chi connectivity index (χ0n) is 11.1. The average molecular weight is 234 g/mol. The van der Waals surface area contributed by atoms with Crippen LogP contribution in [0.15, 0.2) is 23.8 Å². The molecule has 2 aliphatic rings. The van der Waals surface area contributed by atoms with E-state index in [1.165, 1.54) is 11.1 Å². The van der Waals surface area contributed by atoms with Gasteiger partial charge in [0.25, 0.3) is 0 Å². The lowest BCUT2D eigenvalue weighted by molar-refractivity contribution is -0.124. The van der Waals surface area contributed by atoms with Crippen LogP contribution in [0.25, 0.3) is 0 Å². The maximum Gasteiger partial charge on any atom is 0.167 e. The summed E-state index contributed by atoms with van der Waals surface area (Å²) in [4.78, 5) is 11.9. The Hall–Kier alpha value is -0.890. The molecule has 3 atom stereocenters. The van der Waals surface area contributed by atoms with Gasteiger partial charge in [-0.3, -0.25) is 4.79 Å². The second-order valence-corrected chi connectivity index (χ2v) is 5.75. The van der Waals surface area contributed by atoms with Crippen LogP contribution < -0.4 is 0 Å². The van der Waals surface area contributed by atoms with E-state index >= 15 is 0 Å². The van der Waals surface area contributed by atoms with Crippen LogP contribution in [0.4, 0.5) is 0 Å². The van der Waals surface area contributed by atoms with Crippen molar-refractivity contribution in [2.75, 3.05) is 0 Å². The Morgan fingerprint density at radius 2 is 2.29 bits per heavy atom. The second-order valence-electron chi connectivity index (χ2n) is 5.75. The van der Waals surface area contributed by atoms with Crippen LogP contribution in [0, 0.1) is 5.92 Å². The highest BCUT2D eigenvalue weighted by molar-refractivity contribution is 5.91. The van der Waals surface area contributed by atoms with Gasteiger partial charge in [-0.15, -0.1) is 0 Å². The van der Waals surface area contributed by atoms with Crippen LogP contribution in [-0.2, 0) is 9.53 Å². The van der Waals surface area contributed by atoms with Crippen molar-refractivity contribution in [2.45, 2.75) is 58.2 Å². The van der Waals surface area contributed by atoms with E-state index in [4.69, 9.17) is 4.74 Å². The van der Waals surface area contributed by atoms with Crippen molar-refractivity contribution in [3.63, 3.8) is 0 Å². The van der Waals surface area contributed by atoms with E-state index in [0.29, 0.717) is 12.3 Å². The van der Waals surface area contributed by atoms with Crippen molar-refractivity contribution in [3.05, 3.63) is 23.8 Å². The quantitative estimate of drug-likeness (QED) is 0.551. The second kappa shape index (κ2) is 4.41. The van der Waals surface area contributed by atoms with Gasteiger partial charge in [-0.25, -0.2) is 0 Å². The SMILES string of the molecule is C=C(CCC=C(C)C)C1CC(=O)C2(C)OC2C1. The lowest BCUT2D eigenvalue weighted by Gasteiger charge is -2.23. The highest BCUT2D eigenvalue weighted by Crippen LogP contribution is 2.48. The fourth-order valence-electron chi connectivity index (χ4n) is 2.61. The minimum absolute atomic E-state index is 0.161. The topological polar surface area (TPSA) is 29.6 Å². The molecule has 0 bridgehead atoms. The Balaban J connectivity index is 1.85. The van der Waals surface area contributed by atoms with Crippen molar-refractivity contribution in [1.29, 1.82) is 0 Å². The largest absolute Gasteiger partial charge is 0.358 e. The molecule has 2 heteroatoms. The number of fused-ring (bicyclic) bond motifs is 1. The summed E-state index contributed by atoms with van der Waals surface area (Å²) in [6.45, 7) is 10.3. The normalized spacial score (nSPS) is 35.1. The molecule has 3 unspecified atom stereocenters. The van der Waals surface area contributed by atoms with Crippen LogP contribution >= 0.6 is 0 Å². The Morgan fingerprint density at radius 1 is 1.59 bits per heavy atom. The van der Waals surface area contributed by atoms with E-state index in [1.54, 1.807) is 0 Å². The number of ketones is 1. The van der Waals surface area contributed by atoms with Crippen LogP contribution in [0.3, 0.4) is 0 Å². The lowest BCUT2D eigenvalue weighted by atomic mass is 9.77. The van der Waals surface area contributed by atoms with Gasteiger partial charge >= 0.3 is 0 Å². The molecule has 1 saturated carbocycles. The first kappa shape index (κ1) is 12.6. The van der Waals surface area contributed by atoms with Gasteiger partial charge in [0.2, 0.25) is 0 Å². The Morgan fingerprint density at radius 3 is 2.88 bits per heavy atom. The van der Waals surface area contributed by atoms with Crippen molar-refractivity contribution in [2.24, 2.45) is 5.92 Å². The summed E-state index contributed by atoms with van der Waals surface area (Å²) in [5.41, 5.74) is 2.13. The third-order valence-corrected chi connectivity index (χ3v) is 4.02. The summed E-state index contributed by atoms with van der Waals surface area (Å²) in [5, 5.41) is 0. The molecule has 1 saturated heterocycles. The predicted molar refractivity (Wildman–Crippen MR) is 68.8 cm³/mol. The van der Waals surface area contributed by atoms with Crippen molar-refractivity contribution in [1.82, 2.24) is 0 Å². The number of Topliss-reactive ketones (excluding diaryl/α,β-unsaturated/α-hetero) is 1. The Bertz CT molecular complexity index is 376. The first-order chi connectivity index (χ1) is 7.93. The number of carbonyl (C=O) groups is 1. The molecule has 1 heterocycles. The number of hydrogen-bond donors (Lipinski definition) is 0. The summed E-state index contributed by atoms with van der Waals surface area (Å²) in [7, 11) is 0. The molecule has 0 radical (unpaired) electrons. The molecule has 0 aromatic rings. The smallest absolute Gasteiger partial charge is 0.167 e. The van der Waals surface area contributed by atoms with Crippen molar-refractivity contribution < 1.29 is 9.53 Å². The van der Waals surface area contributed by atoms with E-state index in [0.717, 1.165) is 19.3 Å². The van der Waals surface area contributed by atoms with Gasteiger partial charge in [-0.2, -0.15) is 0 Å². The third kappa shape index (κ3) is 2.52. The summed E-state index contributed by atoms with van der Waals surface area (Å²) in [6.07, 6.45) is 6.03. The standard InChI is InChI=1S/C15H22O2/c1-10(2)6-5-7-11(3)12-8-13(16)15(4)14(9-12)17-15/h6,12,14H,3,5,7-9H2,1-2,4H3. The number of hydrogen-bond acceptors (Lipinski definition) is 2. The molecule has 1 aliphatic carbocycles. The van der Waals surface area contributed by atoms with Gasteiger partial charge in [0, 0.05) is 6.42 Å². The highest BCUT2D eigenvalue weighted by Gasteiger charge is 2.61. The van der Waals surface area contributed by atoms with Gasteiger partial charge in [-0.05, 0) is 46.0 Å². The van der Waals surface area contributed by atoms with Gasteiger partial charge in [0.05, 0.1) is 6.10 Å². The van der Waals surface area contributed by atoms with E-state index in [-0.39, 0.29) is 11.9 Å². The van der Waals surface area contributed by atoms with Gasteiger partial charge in [0.15, 0.2) is 5.78 Å². The molecule has 2 nitrogen and oxygen atoms in total. The van der Waals surface area contributed by atoms with E-state index in [1.807, 2.05) is 6.92 Å². The van der Waals surface area contributed by atoms with Crippen LogP contribution in [0.1, 0.15) is 46.5 Å². The maximum absolute atomic E-state index is 11.9. The number of epoxide rings is 1. The molecule has 17 heavy (non-hydrogen) atoms. The predicted octanol–water partition coefficient (Wildman–Crippen LogP) is 3.43. The van der Waals surface area contributed by atoms with Crippen LogP contribution in [-0.4, -0.2) is 17.5 Å². The highest BCUT2D eigenvalue weighted by atomic mass is 16.6. The van der Waals surface area contributed by atoms with E-state index in [9.17, 15) is 4.79 Å². The van der Waals surface area contributed by atoms with Crippen molar-refractivity contribution >= 4 is 5.78 Å². The summed E-state index contributed by atoms with van der Waals surface area (Å²) in [5.74, 6) is 0.607. The zero-order chi connectivity index (χ0) is 12.6. The van der Waals surface area contributed by atoms with Gasteiger partial charge in [0.1, 0.15) is 5.60 Å². The average Bonchev–Trinajstić information content (AvgIpc) is 2.90. The molecule has 0 N–H and O–H groups in total. The number of carbonyl (C=O) groups excluding carboxylic acids is 1. The number of allylic oxidation sites excluding steroid dienone is 3. The molecule has 94 valence electrons. The molecule has 0 amide bonds. The maximum atomic E-state index is 11.9. The molecule has 2 fully saturated rings.